The summed E-state index contributed by atoms with van der Waals surface area (Å²) in [6, 6.07) is 18.1. The molecule has 0 aliphatic rings. The van der Waals surface area contributed by atoms with Crippen LogP contribution in [0.3, 0.4) is 0 Å². The maximum Gasteiger partial charge on any atom is 0.190 e. The highest BCUT2D eigenvalue weighted by molar-refractivity contribution is 5.55. The number of hydrogen-bond acceptors (Lipinski definition) is 0. The second-order valence-corrected chi connectivity index (χ2v) is 3.80. The molecular weight excluding hydrogens is 194 g/mol. The van der Waals surface area contributed by atoms with Crippen LogP contribution >= 0.6 is 0 Å². The first-order valence-electron chi connectivity index (χ1n) is 5.34. The highest BCUT2D eigenvalue weighted by Gasteiger charge is 2.11. The van der Waals surface area contributed by atoms with Crippen molar-refractivity contribution in [3.63, 3.8) is 0 Å². The zero-order chi connectivity index (χ0) is 11.4. The highest BCUT2D eigenvalue weighted by atomic mass is 14.6. The van der Waals surface area contributed by atoms with Crippen LogP contribution in [-0.2, 0) is 0 Å². The van der Waals surface area contributed by atoms with Gasteiger partial charge in [-0.05, 0) is 17.0 Å². The normalized spacial score (nSPS) is 11.8. The van der Waals surface area contributed by atoms with Crippen molar-refractivity contribution < 1.29 is 0 Å². The van der Waals surface area contributed by atoms with Gasteiger partial charge in [-0.3, -0.25) is 0 Å². The van der Waals surface area contributed by atoms with Crippen molar-refractivity contribution in [2.75, 3.05) is 0 Å². The Morgan fingerprint density at radius 2 is 1.56 bits per heavy atom. The van der Waals surface area contributed by atoms with Gasteiger partial charge in [-0.25, -0.2) is 4.85 Å². The fraction of sp³-hybridized carbons (Fsp3) is 0.133. The molecule has 0 amide bonds. The van der Waals surface area contributed by atoms with Crippen molar-refractivity contribution in [1.29, 1.82) is 0 Å². The summed E-state index contributed by atoms with van der Waals surface area (Å²) < 4.78 is 0. The van der Waals surface area contributed by atoms with E-state index >= 15 is 0 Å². The summed E-state index contributed by atoms with van der Waals surface area (Å²) in [5.74, 6) is 0.270. The maximum absolute atomic E-state index is 7.17. The number of para-hydroxylation sites is 1. The van der Waals surface area contributed by atoms with Gasteiger partial charge in [0.05, 0.1) is 6.57 Å². The van der Waals surface area contributed by atoms with E-state index in [1.807, 2.05) is 42.5 Å². The molecule has 0 radical (unpaired) electrons. The molecule has 0 aliphatic carbocycles. The SMILES string of the molecule is [C-]#[N+]c1ccccc1C(C)c1ccccc1. The molecule has 1 heteroatoms. The van der Waals surface area contributed by atoms with Crippen LogP contribution in [0.4, 0.5) is 5.69 Å². The number of hydrogen-bond donors (Lipinski definition) is 0. The largest absolute Gasteiger partial charge is 0.238 e. The summed E-state index contributed by atoms with van der Waals surface area (Å²) in [4.78, 5) is 3.57. The van der Waals surface area contributed by atoms with Gasteiger partial charge in [0.2, 0.25) is 0 Å². The molecule has 0 bridgehead atoms. The summed E-state index contributed by atoms with van der Waals surface area (Å²) in [5, 5.41) is 0. The van der Waals surface area contributed by atoms with Crippen LogP contribution in [0, 0.1) is 6.57 Å². The first-order chi connectivity index (χ1) is 7.83. The molecule has 1 unspecified atom stereocenters. The van der Waals surface area contributed by atoms with Crippen molar-refractivity contribution in [3.8, 4) is 0 Å². The quantitative estimate of drug-likeness (QED) is 0.643. The highest BCUT2D eigenvalue weighted by Crippen LogP contribution is 2.31. The summed E-state index contributed by atoms with van der Waals surface area (Å²) in [6.45, 7) is 9.30. The van der Waals surface area contributed by atoms with Crippen LogP contribution in [0.15, 0.2) is 54.6 Å². The van der Waals surface area contributed by atoms with Crippen molar-refractivity contribution in [1.82, 2.24) is 0 Å². The zero-order valence-electron chi connectivity index (χ0n) is 9.22. The molecule has 1 atom stereocenters. The molecule has 0 saturated carbocycles. The summed E-state index contributed by atoms with van der Waals surface area (Å²) in [5.41, 5.74) is 3.10. The van der Waals surface area contributed by atoms with E-state index in [0.717, 1.165) is 11.3 Å². The topological polar surface area (TPSA) is 4.36 Å². The molecule has 16 heavy (non-hydrogen) atoms. The molecule has 0 heterocycles. The molecule has 78 valence electrons. The van der Waals surface area contributed by atoms with Crippen molar-refractivity contribution in [2.45, 2.75) is 12.8 Å². The van der Waals surface area contributed by atoms with Gasteiger partial charge >= 0.3 is 0 Å². The van der Waals surface area contributed by atoms with E-state index < -0.39 is 0 Å². The Hall–Kier alpha value is -2.07. The van der Waals surface area contributed by atoms with Gasteiger partial charge in [0.1, 0.15) is 0 Å². The number of benzene rings is 2. The van der Waals surface area contributed by atoms with E-state index in [4.69, 9.17) is 6.57 Å². The summed E-state index contributed by atoms with van der Waals surface area (Å²) >= 11 is 0. The smallest absolute Gasteiger partial charge is 0.190 e. The van der Waals surface area contributed by atoms with E-state index in [0.29, 0.717) is 0 Å². The molecule has 0 spiro atoms. The lowest BCUT2D eigenvalue weighted by atomic mass is 9.92. The Bertz CT molecular complexity index is 508. The monoisotopic (exact) mass is 207 g/mol. The van der Waals surface area contributed by atoms with E-state index in [1.165, 1.54) is 5.56 Å². The van der Waals surface area contributed by atoms with Gasteiger partial charge in [0, 0.05) is 0 Å². The summed E-state index contributed by atoms with van der Waals surface area (Å²) in [7, 11) is 0. The molecule has 0 fully saturated rings. The third-order valence-electron chi connectivity index (χ3n) is 2.82. The minimum Gasteiger partial charge on any atom is -0.238 e. The van der Waals surface area contributed by atoms with Gasteiger partial charge in [0.25, 0.3) is 0 Å². The fourth-order valence-electron chi connectivity index (χ4n) is 1.88. The molecular formula is C15H13N. The Balaban J connectivity index is 2.42. The summed E-state index contributed by atoms with van der Waals surface area (Å²) in [6.07, 6.45) is 0. The maximum atomic E-state index is 7.17. The second-order valence-electron chi connectivity index (χ2n) is 3.80. The molecule has 1 nitrogen and oxygen atoms in total. The Kier molecular flexibility index (Phi) is 3.03. The zero-order valence-corrected chi connectivity index (χ0v) is 9.22. The van der Waals surface area contributed by atoms with E-state index in [-0.39, 0.29) is 5.92 Å². The molecule has 2 aromatic carbocycles. The van der Waals surface area contributed by atoms with Crippen LogP contribution in [0.5, 0.6) is 0 Å². The van der Waals surface area contributed by atoms with Gasteiger partial charge in [-0.15, -0.1) is 0 Å². The lowest BCUT2D eigenvalue weighted by Crippen LogP contribution is -1.95. The lowest BCUT2D eigenvalue weighted by molar-refractivity contribution is 0.927. The van der Waals surface area contributed by atoms with Crippen LogP contribution in [0.25, 0.3) is 4.85 Å². The van der Waals surface area contributed by atoms with Gasteiger partial charge in [-0.2, -0.15) is 0 Å². The second kappa shape index (κ2) is 4.63. The first-order valence-corrected chi connectivity index (χ1v) is 5.34. The van der Waals surface area contributed by atoms with E-state index in [2.05, 4.69) is 23.9 Å². The van der Waals surface area contributed by atoms with Crippen LogP contribution in [-0.4, -0.2) is 0 Å². The van der Waals surface area contributed by atoms with Crippen molar-refractivity contribution in [2.24, 2.45) is 0 Å². The van der Waals surface area contributed by atoms with Gasteiger partial charge in [0.15, 0.2) is 5.69 Å². The Morgan fingerprint density at radius 3 is 2.25 bits per heavy atom. The van der Waals surface area contributed by atoms with Crippen LogP contribution in [0.2, 0.25) is 0 Å². The van der Waals surface area contributed by atoms with Gasteiger partial charge in [-0.1, -0.05) is 61.5 Å². The Labute approximate surface area is 96.2 Å². The number of nitrogens with zero attached hydrogens (tertiary/aromatic N) is 1. The molecule has 0 saturated heterocycles. The van der Waals surface area contributed by atoms with Gasteiger partial charge < -0.3 is 0 Å². The van der Waals surface area contributed by atoms with Crippen molar-refractivity contribution >= 4 is 5.69 Å². The number of rotatable bonds is 2. The molecule has 0 aliphatic heterocycles. The Morgan fingerprint density at radius 1 is 0.938 bits per heavy atom. The van der Waals surface area contributed by atoms with Crippen molar-refractivity contribution in [3.05, 3.63) is 77.1 Å². The van der Waals surface area contributed by atoms with E-state index in [1.54, 1.807) is 0 Å². The molecule has 0 aromatic heterocycles. The minimum atomic E-state index is 0.270. The lowest BCUT2D eigenvalue weighted by Gasteiger charge is -2.13. The molecule has 2 aromatic rings. The standard InChI is InChI=1S/C15H13N/c1-12(13-8-4-3-5-9-13)14-10-6-7-11-15(14)16-2/h3-12H,1H3. The van der Waals surface area contributed by atoms with Crippen LogP contribution < -0.4 is 0 Å². The predicted molar refractivity (Wildman–Crippen MR) is 66.7 cm³/mol. The predicted octanol–water partition coefficient (Wildman–Crippen LogP) is 4.39. The molecule has 2 rings (SSSR count). The first kappa shape index (κ1) is 10.4. The third kappa shape index (κ3) is 1.97. The average Bonchev–Trinajstić information content (AvgIpc) is 2.39. The van der Waals surface area contributed by atoms with E-state index in [9.17, 15) is 0 Å². The van der Waals surface area contributed by atoms with Crippen LogP contribution in [0.1, 0.15) is 24.0 Å². The minimum absolute atomic E-state index is 0.270. The molecule has 0 N–H and O–H groups in total. The average molecular weight is 207 g/mol. The fourth-order valence-corrected chi connectivity index (χ4v) is 1.88. The third-order valence-corrected chi connectivity index (χ3v) is 2.82.